The Morgan fingerprint density at radius 2 is 1.78 bits per heavy atom. The van der Waals surface area contributed by atoms with Crippen LogP contribution in [0, 0.1) is 6.92 Å². The van der Waals surface area contributed by atoms with Crippen LogP contribution >= 0.6 is 0 Å². The molecule has 1 nitrogen and oxygen atoms in total. The normalized spacial score (nSPS) is 12.5. The van der Waals surface area contributed by atoms with Gasteiger partial charge in [-0.1, -0.05) is 30.0 Å². The smallest absolute Gasteiger partial charge is 0.197 e. The standard InChI is InChI=1S/C15H26OSi2/c1-7-17(3,4)16-18(5,6)13-12-15-11-9-8-10-14(15)2/h7-11H,1,12-13H2,2-6H3. The number of benzene rings is 1. The molecule has 1 aromatic rings. The molecule has 3 heteroatoms. The predicted octanol–water partition coefficient (Wildman–Crippen LogP) is 4.69. The van der Waals surface area contributed by atoms with E-state index >= 15 is 0 Å². The summed E-state index contributed by atoms with van der Waals surface area (Å²) in [4.78, 5) is 0. The lowest BCUT2D eigenvalue weighted by molar-refractivity contribution is 0.552. The summed E-state index contributed by atoms with van der Waals surface area (Å²) in [6.45, 7) is 15.2. The molecule has 0 aromatic heterocycles. The molecule has 100 valence electrons. The van der Waals surface area contributed by atoms with Crippen molar-refractivity contribution in [1.29, 1.82) is 0 Å². The average Bonchev–Trinajstić information content (AvgIpc) is 2.27. The van der Waals surface area contributed by atoms with Gasteiger partial charge < -0.3 is 4.12 Å². The Bertz CT molecular complexity index is 411. The van der Waals surface area contributed by atoms with Crippen LogP contribution in [0.1, 0.15) is 11.1 Å². The Morgan fingerprint density at radius 3 is 2.33 bits per heavy atom. The number of hydrogen-bond donors (Lipinski definition) is 0. The number of aryl methyl sites for hydroxylation is 2. The molecule has 0 spiro atoms. The Labute approximate surface area is 114 Å². The highest BCUT2D eigenvalue weighted by Crippen LogP contribution is 2.22. The molecule has 0 saturated heterocycles. The highest BCUT2D eigenvalue weighted by molar-refractivity contribution is 6.87. The summed E-state index contributed by atoms with van der Waals surface area (Å²) < 4.78 is 6.40. The van der Waals surface area contributed by atoms with E-state index in [1.165, 1.54) is 17.2 Å². The van der Waals surface area contributed by atoms with Gasteiger partial charge in [0.15, 0.2) is 16.6 Å². The van der Waals surface area contributed by atoms with Gasteiger partial charge in [0.05, 0.1) is 0 Å². The summed E-state index contributed by atoms with van der Waals surface area (Å²) in [5, 5.41) is 0. The van der Waals surface area contributed by atoms with Gasteiger partial charge in [-0.2, -0.15) is 0 Å². The van der Waals surface area contributed by atoms with Crippen molar-refractivity contribution in [2.45, 2.75) is 45.6 Å². The molecule has 0 aliphatic rings. The highest BCUT2D eigenvalue weighted by atomic mass is 28.4. The molecule has 0 radical (unpaired) electrons. The average molecular weight is 279 g/mol. The second kappa shape index (κ2) is 6.00. The van der Waals surface area contributed by atoms with Crippen molar-refractivity contribution in [2.75, 3.05) is 0 Å². The van der Waals surface area contributed by atoms with E-state index in [1.54, 1.807) is 0 Å². The fourth-order valence-electron chi connectivity index (χ4n) is 2.13. The molecule has 0 fully saturated rings. The third kappa shape index (κ3) is 4.92. The molecule has 18 heavy (non-hydrogen) atoms. The molecule has 0 saturated carbocycles. The first-order chi connectivity index (χ1) is 8.26. The molecule has 1 aromatic carbocycles. The van der Waals surface area contributed by atoms with E-state index in [1.807, 2.05) is 5.70 Å². The van der Waals surface area contributed by atoms with E-state index < -0.39 is 16.6 Å². The van der Waals surface area contributed by atoms with Gasteiger partial charge in [0.25, 0.3) is 0 Å². The lowest BCUT2D eigenvalue weighted by Crippen LogP contribution is -2.43. The van der Waals surface area contributed by atoms with Crippen molar-refractivity contribution in [3.05, 3.63) is 47.7 Å². The SMILES string of the molecule is C=C[Si](C)(C)O[Si](C)(C)CCc1ccccc1C. The van der Waals surface area contributed by atoms with Crippen molar-refractivity contribution in [1.82, 2.24) is 0 Å². The first-order valence-corrected chi connectivity index (χ1v) is 12.7. The van der Waals surface area contributed by atoms with E-state index in [0.717, 1.165) is 6.42 Å². The summed E-state index contributed by atoms with van der Waals surface area (Å²) in [6, 6.07) is 9.83. The van der Waals surface area contributed by atoms with Gasteiger partial charge in [0, 0.05) is 0 Å². The van der Waals surface area contributed by atoms with Crippen LogP contribution < -0.4 is 0 Å². The fraction of sp³-hybridized carbons (Fsp3) is 0.467. The van der Waals surface area contributed by atoms with Crippen LogP contribution in [-0.2, 0) is 10.5 Å². The maximum atomic E-state index is 6.40. The lowest BCUT2D eigenvalue weighted by Gasteiger charge is -2.32. The zero-order valence-electron chi connectivity index (χ0n) is 12.4. The molecule has 0 heterocycles. The van der Waals surface area contributed by atoms with Crippen LogP contribution in [0.3, 0.4) is 0 Å². The van der Waals surface area contributed by atoms with Crippen LogP contribution in [0.15, 0.2) is 36.5 Å². The second-order valence-corrected chi connectivity index (χ2v) is 14.5. The van der Waals surface area contributed by atoms with Gasteiger partial charge in [-0.05, 0) is 56.7 Å². The zero-order valence-corrected chi connectivity index (χ0v) is 14.4. The van der Waals surface area contributed by atoms with Gasteiger partial charge in [-0.25, -0.2) is 0 Å². The van der Waals surface area contributed by atoms with Gasteiger partial charge in [-0.3, -0.25) is 0 Å². The first kappa shape index (κ1) is 15.4. The Hall–Kier alpha value is -0.646. The van der Waals surface area contributed by atoms with E-state index in [0.29, 0.717) is 0 Å². The fourth-order valence-corrected chi connectivity index (χ4v) is 9.44. The molecule has 0 unspecified atom stereocenters. The lowest BCUT2D eigenvalue weighted by atomic mass is 10.1. The van der Waals surface area contributed by atoms with Crippen LogP contribution in [-0.4, -0.2) is 16.6 Å². The van der Waals surface area contributed by atoms with E-state index in [4.69, 9.17) is 4.12 Å². The number of hydrogen-bond acceptors (Lipinski definition) is 1. The summed E-state index contributed by atoms with van der Waals surface area (Å²) in [5.41, 5.74) is 4.89. The topological polar surface area (TPSA) is 9.23 Å². The minimum atomic E-state index is -1.64. The Morgan fingerprint density at radius 1 is 1.17 bits per heavy atom. The second-order valence-electron chi connectivity index (χ2n) is 6.10. The van der Waals surface area contributed by atoms with Crippen LogP contribution in [0.4, 0.5) is 0 Å². The van der Waals surface area contributed by atoms with Crippen LogP contribution in [0.25, 0.3) is 0 Å². The van der Waals surface area contributed by atoms with Crippen LogP contribution in [0.5, 0.6) is 0 Å². The summed E-state index contributed by atoms with van der Waals surface area (Å²) in [5.74, 6) is 0. The summed E-state index contributed by atoms with van der Waals surface area (Å²) >= 11 is 0. The minimum absolute atomic E-state index is 1.13. The summed E-state index contributed by atoms with van der Waals surface area (Å²) in [7, 11) is -3.21. The number of rotatable bonds is 6. The molecule has 0 amide bonds. The van der Waals surface area contributed by atoms with Crippen molar-refractivity contribution < 1.29 is 4.12 Å². The van der Waals surface area contributed by atoms with E-state index in [2.05, 4.69) is 64.0 Å². The monoisotopic (exact) mass is 278 g/mol. The van der Waals surface area contributed by atoms with Crippen molar-refractivity contribution in [3.63, 3.8) is 0 Å². The van der Waals surface area contributed by atoms with Crippen LogP contribution in [0.2, 0.25) is 32.2 Å². The quantitative estimate of drug-likeness (QED) is 0.686. The van der Waals surface area contributed by atoms with Gasteiger partial charge in [0.2, 0.25) is 0 Å². The maximum absolute atomic E-state index is 6.40. The van der Waals surface area contributed by atoms with Gasteiger partial charge >= 0.3 is 0 Å². The molecule has 0 atom stereocenters. The molecular weight excluding hydrogens is 252 g/mol. The van der Waals surface area contributed by atoms with Crippen molar-refractivity contribution in [3.8, 4) is 0 Å². The maximum Gasteiger partial charge on any atom is 0.197 e. The third-order valence-electron chi connectivity index (χ3n) is 3.29. The minimum Gasteiger partial charge on any atom is -0.453 e. The largest absolute Gasteiger partial charge is 0.453 e. The summed E-state index contributed by atoms with van der Waals surface area (Å²) in [6.07, 6.45) is 1.13. The molecular formula is C15H26OSi2. The molecule has 0 bridgehead atoms. The highest BCUT2D eigenvalue weighted by Gasteiger charge is 2.30. The Kier molecular flexibility index (Phi) is 5.13. The first-order valence-electron chi connectivity index (χ1n) is 6.64. The van der Waals surface area contributed by atoms with E-state index in [-0.39, 0.29) is 0 Å². The molecule has 0 aliphatic carbocycles. The van der Waals surface area contributed by atoms with Crippen molar-refractivity contribution in [2.24, 2.45) is 0 Å². The van der Waals surface area contributed by atoms with Gasteiger partial charge in [0.1, 0.15) is 0 Å². The molecule has 0 N–H and O–H groups in total. The molecule has 1 rings (SSSR count). The molecule has 0 aliphatic heterocycles. The zero-order chi connectivity index (χ0) is 13.8. The van der Waals surface area contributed by atoms with E-state index in [9.17, 15) is 0 Å². The Balaban J connectivity index is 2.62. The van der Waals surface area contributed by atoms with Gasteiger partial charge in [-0.15, -0.1) is 6.58 Å². The predicted molar refractivity (Wildman–Crippen MR) is 85.9 cm³/mol. The van der Waals surface area contributed by atoms with Crippen molar-refractivity contribution >= 4 is 16.6 Å². The third-order valence-corrected chi connectivity index (χ3v) is 10.0.